The minimum Gasteiger partial charge on any atom is -0.398 e. The number of nitrogens with one attached hydrogen (secondary N) is 1. The number of amides is 1. The topological polar surface area (TPSA) is 68.0 Å². The Bertz CT molecular complexity index is 413. The molecule has 1 rings (SSSR count). The van der Waals surface area contributed by atoms with Gasteiger partial charge in [0.05, 0.1) is 5.56 Å². The average molecular weight is 235 g/mol. The van der Waals surface area contributed by atoms with Crippen LogP contribution >= 0.6 is 0 Å². The number of nitrogens with two attached hydrogens (primary N) is 1. The van der Waals surface area contributed by atoms with E-state index in [9.17, 15) is 4.79 Å². The normalized spacial score (nSPS) is 11.3. The lowest BCUT2D eigenvalue weighted by atomic mass is 9.90. The first-order valence-electron chi connectivity index (χ1n) is 5.86. The molecule has 0 aliphatic carbocycles. The van der Waals surface area contributed by atoms with Gasteiger partial charge in [0.1, 0.15) is 0 Å². The van der Waals surface area contributed by atoms with Crippen LogP contribution in [0.5, 0.6) is 0 Å². The minimum absolute atomic E-state index is 0.0997. The molecule has 0 saturated carbocycles. The fraction of sp³-hybridized carbons (Fsp3) is 0.538. The Kier molecular flexibility index (Phi) is 4.10. The molecule has 0 fully saturated rings. The van der Waals surface area contributed by atoms with Crippen LogP contribution in [0.3, 0.4) is 0 Å². The maximum absolute atomic E-state index is 11.9. The second-order valence-electron chi connectivity index (χ2n) is 5.11. The molecule has 0 radical (unpaired) electrons. The summed E-state index contributed by atoms with van der Waals surface area (Å²) in [5, 5.41) is 2.89. The van der Waals surface area contributed by atoms with Gasteiger partial charge in [0.2, 0.25) is 0 Å². The van der Waals surface area contributed by atoms with Crippen molar-refractivity contribution >= 4 is 11.6 Å². The molecule has 1 amide bonds. The lowest BCUT2D eigenvalue weighted by Crippen LogP contribution is -2.34. The smallest absolute Gasteiger partial charge is 0.254 e. The van der Waals surface area contributed by atoms with Crippen molar-refractivity contribution in [2.75, 3.05) is 12.3 Å². The highest BCUT2D eigenvalue weighted by atomic mass is 16.1. The number of carbonyl (C=O) groups is 1. The molecular weight excluding hydrogens is 214 g/mol. The van der Waals surface area contributed by atoms with Crippen LogP contribution in [0.2, 0.25) is 0 Å². The molecule has 17 heavy (non-hydrogen) atoms. The molecule has 0 bridgehead atoms. The molecule has 4 nitrogen and oxygen atoms in total. The van der Waals surface area contributed by atoms with Crippen molar-refractivity contribution in [3.05, 3.63) is 23.5 Å². The first-order valence-corrected chi connectivity index (χ1v) is 5.86. The Labute approximate surface area is 103 Å². The van der Waals surface area contributed by atoms with Crippen LogP contribution in [0.1, 0.15) is 43.2 Å². The SMILES string of the molecule is CCC(C)(C)CNC(=O)c1cnc(C)cc1N. The summed E-state index contributed by atoms with van der Waals surface area (Å²) in [6, 6.07) is 1.71. The van der Waals surface area contributed by atoms with Crippen LogP contribution in [0.4, 0.5) is 5.69 Å². The molecule has 4 heteroatoms. The summed E-state index contributed by atoms with van der Waals surface area (Å²) < 4.78 is 0. The minimum atomic E-state index is -0.156. The number of aryl methyl sites for hydroxylation is 1. The van der Waals surface area contributed by atoms with Gasteiger partial charge in [-0.3, -0.25) is 9.78 Å². The van der Waals surface area contributed by atoms with Gasteiger partial charge >= 0.3 is 0 Å². The van der Waals surface area contributed by atoms with Gasteiger partial charge in [0.25, 0.3) is 5.91 Å². The van der Waals surface area contributed by atoms with E-state index in [1.807, 2.05) is 6.92 Å². The monoisotopic (exact) mass is 235 g/mol. The van der Waals surface area contributed by atoms with Crippen molar-refractivity contribution in [1.82, 2.24) is 10.3 Å². The van der Waals surface area contributed by atoms with E-state index in [1.165, 1.54) is 6.20 Å². The third-order valence-electron chi connectivity index (χ3n) is 3.00. The number of hydrogen-bond acceptors (Lipinski definition) is 3. The summed E-state index contributed by atoms with van der Waals surface area (Å²) in [5.41, 5.74) is 7.63. The summed E-state index contributed by atoms with van der Waals surface area (Å²) in [4.78, 5) is 16.0. The molecular formula is C13H21N3O. The predicted octanol–water partition coefficient (Wildman–Crippen LogP) is 2.14. The van der Waals surface area contributed by atoms with Crippen molar-refractivity contribution in [2.24, 2.45) is 5.41 Å². The predicted molar refractivity (Wildman–Crippen MR) is 69.8 cm³/mol. The zero-order valence-electron chi connectivity index (χ0n) is 11.0. The van der Waals surface area contributed by atoms with Crippen molar-refractivity contribution in [2.45, 2.75) is 34.1 Å². The van der Waals surface area contributed by atoms with Gasteiger partial charge in [-0.25, -0.2) is 0 Å². The highest BCUT2D eigenvalue weighted by Gasteiger charge is 2.17. The standard InChI is InChI=1S/C13H21N3O/c1-5-13(3,4)8-16-12(17)10-7-15-9(2)6-11(10)14/h6-7H,5,8H2,1-4H3,(H2,14,15)(H,16,17). The second-order valence-corrected chi connectivity index (χ2v) is 5.11. The van der Waals surface area contributed by atoms with E-state index in [0.29, 0.717) is 17.8 Å². The first-order chi connectivity index (χ1) is 7.85. The van der Waals surface area contributed by atoms with Gasteiger partial charge in [-0.2, -0.15) is 0 Å². The Morgan fingerprint density at radius 3 is 2.71 bits per heavy atom. The maximum Gasteiger partial charge on any atom is 0.254 e. The maximum atomic E-state index is 11.9. The lowest BCUT2D eigenvalue weighted by Gasteiger charge is -2.22. The molecule has 0 aliphatic heterocycles. The summed E-state index contributed by atoms with van der Waals surface area (Å²) in [7, 11) is 0. The number of carbonyl (C=O) groups excluding carboxylic acids is 1. The number of pyridine rings is 1. The molecule has 0 unspecified atom stereocenters. The second kappa shape index (κ2) is 5.17. The molecule has 0 aliphatic rings. The number of aromatic nitrogens is 1. The van der Waals surface area contributed by atoms with Gasteiger partial charge in [-0.05, 0) is 24.8 Å². The van der Waals surface area contributed by atoms with E-state index in [-0.39, 0.29) is 11.3 Å². The van der Waals surface area contributed by atoms with Crippen molar-refractivity contribution in [3.8, 4) is 0 Å². The Balaban J connectivity index is 2.71. The average Bonchev–Trinajstić information content (AvgIpc) is 2.26. The highest BCUT2D eigenvalue weighted by Crippen LogP contribution is 2.18. The molecule has 1 aromatic heterocycles. The first kappa shape index (κ1) is 13.5. The summed E-state index contributed by atoms with van der Waals surface area (Å²) in [5.74, 6) is -0.156. The van der Waals surface area contributed by atoms with Crippen LogP contribution in [0.25, 0.3) is 0 Å². The molecule has 3 N–H and O–H groups in total. The quantitative estimate of drug-likeness (QED) is 0.840. The molecule has 1 aromatic rings. The molecule has 0 saturated heterocycles. The van der Waals surface area contributed by atoms with Crippen LogP contribution in [0, 0.1) is 12.3 Å². The van der Waals surface area contributed by atoms with E-state index >= 15 is 0 Å². The van der Waals surface area contributed by atoms with E-state index in [0.717, 1.165) is 12.1 Å². The van der Waals surface area contributed by atoms with E-state index in [4.69, 9.17) is 5.73 Å². The van der Waals surface area contributed by atoms with Crippen LogP contribution in [0.15, 0.2) is 12.3 Å². The Hall–Kier alpha value is -1.58. The van der Waals surface area contributed by atoms with Gasteiger partial charge in [-0.1, -0.05) is 20.8 Å². The number of rotatable bonds is 4. The zero-order valence-corrected chi connectivity index (χ0v) is 11.0. The fourth-order valence-corrected chi connectivity index (χ4v) is 1.31. The third kappa shape index (κ3) is 3.73. The van der Waals surface area contributed by atoms with Gasteiger partial charge in [-0.15, -0.1) is 0 Å². The zero-order chi connectivity index (χ0) is 13.1. The third-order valence-corrected chi connectivity index (χ3v) is 3.00. The van der Waals surface area contributed by atoms with E-state index in [2.05, 4.69) is 31.1 Å². The van der Waals surface area contributed by atoms with Gasteiger partial charge < -0.3 is 11.1 Å². The number of hydrogen-bond donors (Lipinski definition) is 2. The van der Waals surface area contributed by atoms with E-state index < -0.39 is 0 Å². The van der Waals surface area contributed by atoms with Crippen molar-refractivity contribution < 1.29 is 4.79 Å². The van der Waals surface area contributed by atoms with Crippen LogP contribution in [-0.2, 0) is 0 Å². The van der Waals surface area contributed by atoms with E-state index in [1.54, 1.807) is 6.07 Å². The Morgan fingerprint density at radius 2 is 2.18 bits per heavy atom. The molecule has 1 heterocycles. The summed E-state index contributed by atoms with van der Waals surface area (Å²) in [6.45, 7) is 8.82. The van der Waals surface area contributed by atoms with Gasteiger partial charge in [0.15, 0.2) is 0 Å². The molecule has 94 valence electrons. The fourth-order valence-electron chi connectivity index (χ4n) is 1.31. The van der Waals surface area contributed by atoms with Crippen molar-refractivity contribution in [1.29, 1.82) is 0 Å². The molecule has 0 spiro atoms. The largest absolute Gasteiger partial charge is 0.398 e. The number of nitrogens with zero attached hydrogens (tertiary/aromatic N) is 1. The lowest BCUT2D eigenvalue weighted by molar-refractivity contribution is 0.0936. The van der Waals surface area contributed by atoms with Crippen LogP contribution in [-0.4, -0.2) is 17.4 Å². The summed E-state index contributed by atoms with van der Waals surface area (Å²) >= 11 is 0. The number of anilines is 1. The van der Waals surface area contributed by atoms with Crippen molar-refractivity contribution in [3.63, 3.8) is 0 Å². The Morgan fingerprint density at radius 1 is 1.53 bits per heavy atom. The highest BCUT2D eigenvalue weighted by molar-refractivity contribution is 5.98. The summed E-state index contributed by atoms with van der Waals surface area (Å²) in [6.07, 6.45) is 2.54. The molecule has 0 atom stereocenters. The molecule has 0 aromatic carbocycles. The van der Waals surface area contributed by atoms with Gasteiger partial charge in [0, 0.05) is 24.1 Å². The number of nitrogen functional groups attached to an aromatic ring is 1. The van der Waals surface area contributed by atoms with Crippen LogP contribution < -0.4 is 11.1 Å².